The molecule has 26 heavy (non-hydrogen) atoms. The van der Waals surface area contributed by atoms with Gasteiger partial charge in [-0.15, -0.1) is 0 Å². The van der Waals surface area contributed by atoms with E-state index in [1.165, 1.54) is 4.90 Å². The molecule has 0 heterocycles. The van der Waals surface area contributed by atoms with Crippen molar-refractivity contribution in [1.29, 1.82) is 0 Å². The number of para-hydroxylation sites is 1. The first-order chi connectivity index (χ1) is 11.6. The molecule has 0 saturated heterocycles. The number of hydrogen-bond acceptors (Lipinski definition) is 2. The second-order valence-electron chi connectivity index (χ2n) is 6.10. The Hall–Kier alpha value is -1.17. The number of quaternary nitrogens is 2. The molecule has 0 aliphatic rings. The van der Waals surface area contributed by atoms with Gasteiger partial charge in [-0.05, 0) is 29.8 Å². The van der Waals surface area contributed by atoms with Crippen LogP contribution < -0.4 is 44.5 Å². The fourth-order valence-electron chi connectivity index (χ4n) is 2.43. The molecule has 0 atom stereocenters. The number of rotatable bonds is 9. The number of nitrogens with one attached hydrogen (secondary N) is 1. The number of benzene rings is 2. The van der Waals surface area contributed by atoms with Crippen molar-refractivity contribution in [3.05, 3.63) is 58.6 Å². The number of likely N-dealkylation sites (N-methyl/N-ethyl adjacent to an activating group) is 1. The van der Waals surface area contributed by atoms with Crippen LogP contribution in [0.3, 0.4) is 0 Å². The number of methoxy groups -OCH3 is 1. The van der Waals surface area contributed by atoms with Gasteiger partial charge in [-0.2, -0.15) is 0 Å². The highest BCUT2D eigenvalue weighted by Crippen LogP contribution is 2.31. The van der Waals surface area contributed by atoms with Crippen LogP contribution >= 0.6 is 11.6 Å². The van der Waals surface area contributed by atoms with Gasteiger partial charge in [0.2, 0.25) is 0 Å². The van der Waals surface area contributed by atoms with Gasteiger partial charge in [0, 0.05) is 5.02 Å². The Morgan fingerprint density at radius 3 is 2.35 bits per heavy atom. The number of ether oxygens (including phenoxy) is 2. The summed E-state index contributed by atoms with van der Waals surface area (Å²) in [6, 6.07) is 13.7. The zero-order valence-electron chi connectivity index (χ0n) is 15.4. The van der Waals surface area contributed by atoms with Crippen LogP contribution in [-0.2, 0) is 13.2 Å². The van der Waals surface area contributed by atoms with Gasteiger partial charge in [-0.1, -0.05) is 29.8 Å². The molecule has 0 aromatic heterocycles. The van der Waals surface area contributed by atoms with E-state index < -0.39 is 0 Å². The summed E-state index contributed by atoms with van der Waals surface area (Å²) in [4.78, 5) is 1.45. The summed E-state index contributed by atoms with van der Waals surface area (Å²) in [6.07, 6.45) is 0. The van der Waals surface area contributed by atoms with Gasteiger partial charge in [0.1, 0.15) is 26.2 Å². The molecule has 2 rings (SSSR count). The van der Waals surface area contributed by atoms with Gasteiger partial charge in [0.15, 0.2) is 11.5 Å². The fourth-order valence-corrected chi connectivity index (χ4v) is 2.56. The van der Waals surface area contributed by atoms with E-state index in [2.05, 4.69) is 25.5 Å². The van der Waals surface area contributed by atoms with E-state index >= 15 is 0 Å². The molecule has 0 spiro atoms. The van der Waals surface area contributed by atoms with E-state index in [-0.39, 0.29) is 24.8 Å². The number of halogens is 3. The van der Waals surface area contributed by atoms with E-state index in [1.807, 2.05) is 36.4 Å². The summed E-state index contributed by atoms with van der Waals surface area (Å²) in [5.74, 6) is 1.59. The van der Waals surface area contributed by atoms with E-state index in [0.717, 1.165) is 47.3 Å². The van der Waals surface area contributed by atoms with Crippen molar-refractivity contribution in [2.45, 2.75) is 13.2 Å². The Labute approximate surface area is 173 Å². The highest BCUT2D eigenvalue weighted by atomic mass is 35.5. The first kappa shape index (κ1) is 24.8. The zero-order valence-corrected chi connectivity index (χ0v) is 17.7. The lowest BCUT2D eigenvalue weighted by Crippen LogP contribution is -3.09. The van der Waals surface area contributed by atoms with Crippen LogP contribution in [0, 0.1) is 0 Å². The second kappa shape index (κ2) is 13.1. The van der Waals surface area contributed by atoms with Crippen LogP contribution in [0.2, 0.25) is 5.02 Å². The van der Waals surface area contributed by atoms with Gasteiger partial charge in [0.05, 0.1) is 26.8 Å². The summed E-state index contributed by atoms with van der Waals surface area (Å²) in [7, 11) is 6.01. The summed E-state index contributed by atoms with van der Waals surface area (Å²) in [6.45, 7) is 3.58. The number of hydrogen-bond donors (Lipinski definition) is 2. The lowest BCUT2D eigenvalue weighted by molar-refractivity contribution is -0.875. The highest BCUT2D eigenvalue weighted by Gasteiger charge is 2.12. The largest absolute Gasteiger partial charge is 1.00 e. The van der Waals surface area contributed by atoms with E-state index in [4.69, 9.17) is 21.1 Å². The van der Waals surface area contributed by atoms with Crippen LogP contribution in [0.15, 0.2) is 42.5 Å². The molecule has 2 aromatic rings. The normalized spacial score (nSPS) is 10.0. The molecular formula is C19H27Cl3N2O2. The molecule has 2 aromatic carbocycles. The smallest absolute Gasteiger partial charge is 0.170 e. The molecule has 0 amide bonds. The minimum Gasteiger partial charge on any atom is -1.00 e. The third kappa shape index (κ3) is 8.02. The average Bonchev–Trinajstić information content (AvgIpc) is 2.58. The van der Waals surface area contributed by atoms with Gasteiger partial charge >= 0.3 is 0 Å². The van der Waals surface area contributed by atoms with Crippen LogP contribution in [0.4, 0.5) is 0 Å². The van der Waals surface area contributed by atoms with Gasteiger partial charge in [0.25, 0.3) is 0 Å². The summed E-state index contributed by atoms with van der Waals surface area (Å²) < 4.78 is 11.5. The lowest BCUT2D eigenvalue weighted by atomic mass is 10.1. The molecule has 3 N–H and O–H groups in total. The Morgan fingerprint density at radius 1 is 1.04 bits per heavy atom. The van der Waals surface area contributed by atoms with Crippen LogP contribution in [0.1, 0.15) is 11.1 Å². The van der Waals surface area contributed by atoms with Crippen LogP contribution in [0.5, 0.6) is 11.5 Å². The van der Waals surface area contributed by atoms with Crippen LogP contribution in [0.25, 0.3) is 0 Å². The van der Waals surface area contributed by atoms with E-state index in [1.54, 1.807) is 7.11 Å². The summed E-state index contributed by atoms with van der Waals surface area (Å²) in [5.41, 5.74) is 2.23. The minimum atomic E-state index is 0. The first-order valence-electron chi connectivity index (χ1n) is 8.24. The fraction of sp³-hybridized carbons (Fsp3) is 0.368. The van der Waals surface area contributed by atoms with Crippen LogP contribution in [-0.4, -0.2) is 34.3 Å². The van der Waals surface area contributed by atoms with Gasteiger partial charge in [-0.3, -0.25) is 0 Å². The Kier molecular flexibility index (Phi) is 12.5. The molecule has 0 saturated carbocycles. The monoisotopic (exact) mass is 420 g/mol. The van der Waals surface area contributed by atoms with Crippen molar-refractivity contribution in [3.8, 4) is 11.5 Å². The molecule has 0 aliphatic heterocycles. The maximum atomic E-state index is 6.07. The molecule has 0 unspecified atom stereocenters. The molecule has 0 fully saturated rings. The Balaban J connectivity index is 0.00000312. The van der Waals surface area contributed by atoms with Crippen molar-refractivity contribution in [1.82, 2.24) is 0 Å². The minimum absolute atomic E-state index is 0. The standard InChI is InChI=1S/C19H25ClN2O2.2ClH/c1-22(2)12-11-21-13-16-5-4-6-18(23-3)19(16)24-14-15-7-9-17(20)10-8-15;;/h4-10,21H,11-14H2,1-3H3;2*1H. The number of nitrogens with two attached hydrogens (primary N) is 1. The lowest BCUT2D eigenvalue weighted by Gasteiger charge is -2.15. The first-order valence-corrected chi connectivity index (χ1v) is 8.61. The predicted molar refractivity (Wildman–Crippen MR) is 97.0 cm³/mol. The van der Waals surface area contributed by atoms with Crippen molar-refractivity contribution >= 4 is 11.6 Å². The van der Waals surface area contributed by atoms with E-state index in [9.17, 15) is 0 Å². The van der Waals surface area contributed by atoms with Gasteiger partial charge < -0.3 is 44.5 Å². The summed E-state index contributed by atoms with van der Waals surface area (Å²) >= 11 is 5.93. The third-order valence-corrected chi connectivity index (χ3v) is 4.04. The second-order valence-corrected chi connectivity index (χ2v) is 6.54. The average molecular weight is 422 g/mol. The molecule has 0 aliphatic carbocycles. The van der Waals surface area contributed by atoms with Crippen molar-refractivity contribution < 1.29 is 44.5 Å². The van der Waals surface area contributed by atoms with Gasteiger partial charge in [-0.25, -0.2) is 0 Å². The Bertz CT molecular complexity index is 637. The molecule has 7 heteroatoms. The van der Waals surface area contributed by atoms with E-state index in [0.29, 0.717) is 6.61 Å². The van der Waals surface area contributed by atoms with Crippen molar-refractivity contribution in [2.24, 2.45) is 0 Å². The van der Waals surface area contributed by atoms with Crippen molar-refractivity contribution in [2.75, 3.05) is 34.3 Å². The highest BCUT2D eigenvalue weighted by molar-refractivity contribution is 6.30. The molecule has 0 bridgehead atoms. The Morgan fingerprint density at radius 2 is 1.73 bits per heavy atom. The maximum Gasteiger partial charge on any atom is 0.170 e. The zero-order chi connectivity index (χ0) is 17.4. The topological polar surface area (TPSA) is 39.5 Å². The predicted octanol–water partition coefficient (Wildman–Crippen LogP) is -4.86. The summed E-state index contributed by atoms with van der Waals surface area (Å²) in [5, 5.41) is 3.03. The SMILES string of the molecule is COc1cccc(C[NH2+]CC[NH+](C)C)c1OCc1ccc(Cl)cc1.[Cl-].[Cl-]. The van der Waals surface area contributed by atoms with Crippen molar-refractivity contribution in [3.63, 3.8) is 0 Å². The quantitative estimate of drug-likeness (QED) is 0.399. The third-order valence-electron chi connectivity index (χ3n) is 3.79. The molecular weight excluding hydrogens is 395 g/mol. The maximum absolute atomic E-state index is 6.07. The molecule has 0 radical (unpaired) electrons. The molecule has 4 nitrogen and oxygen atoms in total. The molecule has 146 valence electrons.